The van der Waals surface area contributed by atoms with Gasteiger partial charge >= 0.3 is 6.61 Å². The zero-order valence-electron chi connectivity index (χ0n) is 8.63. The molecular formula is C12H12F2O. The maximum absolute atomic E-state index is 11.9. The third-order valence-corrected chi connectivity index (χ3v) is 2.16. The lowest BCUT2D eigenvalue weighted by Gasteiger charge is -2.18. The van der Waals surface area contributed by atoms with Crippen LogP contribution in [0.15, 0.2) is 24.3 Å². The van der Waals surface area contributed by atoms with Gasteiger partial charge in [-0.2, -0.15) is 8.78 Å². The summed E-state index contributed by atoms with van der Waals surface area (Å²) >= 11 is 0. The average Bonchev–Trinajstić information content (AvgIpc) is 2.18. The van der Waals surface area contributed by atoms with Crippen LogP contribution < -0.4 is 4.74 Å². The number of halogens is 2. The first-order valence-corrected chi connectivity index (χ1v) is 4.49. The highest BCUT2D eigenvalue weighted by Gasteiger charge is 2.16. The number of alkyl halides is 2. The molecule has 0 aliphatic carbocycles. The Kier molecular flexibility index (Phi) is 3.31. The molecule has 0 spiro atoms. The van der Waals surface area contributed by atoms with Gasteiger partial charge in [0.05, 0.1) is 5.41 Å². The lowest BCUT2D eigenvalue weighted by atomic mass is 9.86. The van der Waals surface area contributed by atoms with Crippen LogP contribution in [0.2, 0.25) is 0 Å². The molecular weight excluding hydrogens is 198 g/mol. The Hall–Kier alpha value is -1.56. The number of benzene rings is 1. The number of hydrogen-bond acceptors (Lipinski definition) is 1. The van der Waals surface area contributed by atoms with E-state index < -0.39 is 12.0 Å². The van der Waals surface area contributed by atoms with Gasteiger partial charge in [-0.3, -0.25) is 0 Å². The van der Waals surface area contributed by atoms with E-state index in [-0.39, 0.29) is 5.75 Å². The minimum atomic E-state index is -2.79. The quantitative estimate of drug-likeness (QED) is 0.696. The molecule has 0 saturated carbocycles. The SMILES string of the molecule is C#CC(C)(C)c1ccc(OC(F)F)cc1. The van der Waals surface area contributed by atoms with Crippen LogP contribution in [-0.4, -0.2) is 6.61 Å². The van der Waals surface area contributed by atoms with Crippen LogP contribution in [0.4, 0.5) is 8.78 Å². The van der Waals surface area contributed by atoms with Crippen molar-refractivity contribution in [2.75, 3.05) is 0 Å². The lowest BCUT2D eigenvalue weighted by Crippen LogP contribution is -2.13. The first kappa shape index (κ1) is 11.5. The Balaban J connectivity index is 2.87. The molecule has 0 saturated heterocycles. The van der Waals surface area contributed by atoms with Crippen LogP contribution >= 0.6 is 0 Å². The molecule has 1 nitrogen and oxygen atoms in total. The summed E-state index contributed by atoms with van der Waals surface area (Å²) in [5.74, 6) is 2.77. The highest BCUT2D eigenvalue weighted by molar-refractivity contribution is 5.36. The number of rotatable bonds is 3. The van der Waals surface area contributed by atoms with E-state index in [0.717, 1.165) is 5.56 Å². The molecule has 80 valence electrons. The highest BCUT2D eigenvalue weighted by atomic mass is 19.3. The van der Waals surface area contributed by atoms with E-state index in [4.69, 9.17) is 6.42 Å². The summed E-state index contributed by atoms with van der Waals surface area (Å²) in [4.78, 5) is 0. The molecule has 1 aromatic rings. The minimum Gasteiger partial charge on any atom is -0.435 e. The fraction of sp³-hybridized carbons (Fsp3) is 0.333. The van der Waals surface area contributed by atoms with Gasteiger partial charge in [0.1, 0.15) is 5.75 Å². The molecule has 3 heteroatoms. The van der Waals surface area contributed by atoms with Gasteiger partial charge < -0.3 is 4.74 Å². The Morgan fingerprint density at radius 3 is 2.20 bits per heavy atom. The predicted molar refractivity (Wildman–Crippen MR) is 54.9 cm³/mol. The van der Waals surface area contributed by atoms with Crippen molar-refractivity contribution in [3.8, 4) is 18.1 Å². The topological polar surface area (TPSA) is 9.23 Å². The molecule has 1 aromatic carbocycles. The van der Waals surface area contributed by atoms with Gasteiger partial charge in [-0.15, -0.1) is 6.42 Å². The monoisotopic (exact) mass is 210 g/mol. The van der Waals surface area contributed by atoms with Gasteiger partial charge in [0, 0.05) is 0 Å². The summed E-state index contributed by atoms with van der Waals surface area (Å²) in [6.07, 6.45) is 5.36. The zero-order chi connectivity index (χ0) is 11.5. The number of terminal acetylenes is 1. The Morgan fingerprint density at radius 2 is 1.80 bits per heavy atom. The molecule has 0 N–H and O–H groups in total. The largest absolute Gasteiger partial charge is 0.435 e. The van der Waals surface area contributed by atoms with Gasteiger partial charge in [-0.25, -0.2) is 0 Å². The van der Waals surface area contributed by atoms with E-state index >= 15 is 0 Å². The van der Waals surface area contributed by atoms with Crippen molar-refractivity contribution in [3.05, 3.63) is 29.8 Å². The van der Waals surface area contributed by atoms with Crippen molar-refractivity contribution in [3.63, 3.8) is 0 Å². The van der Waals surface area contributed by atoms with E-state index in [1.165, 1.54) is 12.1 Å². The molecule has 0 radical (unpaired) electrons. The van der Waals surface area contributed by atoms with Crippen LogP contribution in [0, 0.1) is 12.3 Å². The molecule has 1 rings (SSSR count). The van der Waals surface area contributed by atoms with Gasteiger partial charge in [-0.1, -0.05) is 18.1 Å². The van der Waals surface area contributed by atoms with Crippen LogP contribution in [0.5, 0.6) is 5.75 Å². The second-order valence-corrected chi connectivity index (χ2v) is 3.67. The van der Waals surface area contributed by atoms with Crippen molar-refractivity contribution in [2.45, 2.75) is 25.9 Å². The fourth-order valence-corrected chi connectivity index (χ4v) is 1.14. The van der Waals surface area contributed by atoms with Crippen LogP contribution in [0.3, 0.4) is 0 Å². The van der Waals surface area contributed by atoms with Crippen molar-refractivity contribution in [2.24, 2.45) is 0 Å². The first-order chi connectivity index (χ1) is 6.95. The summed E-state index contributed by atoms with van der Waals surface area (Å²) < 4.78 is 28.0. The molecule has 0 heterocycles. The Bertz CT molecular complexity index is 360. The summed E-state index contributed by atoms with van der Waals surface area (Å²) in [6.45, 7) is 0.975. The zero-order valence-corrected chi connectivity index (χ0v) is 8.63. The van der Waals surface area contributed by atoms with Crippen molar-refractivity contribution in [1.82, 2.24) is 0 Å². The van der Waals surface area contributed by atoms with E-state index in [1.54, 1.807) is 12.1 Å². The number of ether oxygens (including phenoxy) is 1. The maximum atomic E-state index is 11.9. The normalized spacial score (nSPS) is 11.2. The molecule has 0 aliphatic rings. The molecule has 0 bridgehead atoms. The van der Waals surface area contributed by atoms with Crippen molar-refractivity contribution in [1.29, 1.82) is 0 Å². The Morgan fingerprint density at radius 1 is 1.27 bits per heavy atom. The molecule has 0 atom stereocenters. The summed E-state index contributed by atoms with van der Waals surface area (Å²) in [6, 6.07) is 6.36. The van der Waals surface area contributed by atoms with Gasteiger partial charge in [-0.05, 0) is 31.5 Å². The van der Waals surface area contributed by atoms with Crippen LogP contribution in [0.1, 0.15) is 19.4 Å². The molecule has 0 aromatic heterocycles. The van der Waals surface area contributed by atoms with E-state index in [1.807, 2.05) is 13.8 Å². The van der Waals surface area contributed by atoms with E-state index in [0.29, 0.717) is 0 Å². The highest BCUT2D eigenvalue weighted by Crippen LogP contribution is 2.24. The molecule has 15 heavy (non-hydrogen) atoms. The first-order valence-electron chi connectivity index (χ1n) is 4.49. The van der Waals surface area contributed by atoms with Crippen LogP contribution in [0.25, 0.3) is 0 Å². The van der Waals surface area contributed by atoms with Crippen molar-refractivity contribution < 1.29 is 13.5 Å². The second-order valence-electron chi connectivity index (χ2n) is 3.67. The summed E-state index contributed by atoms with van der Waals surface area (Å²) in [5, 5.41) is 0. The number of hydrogen-bond donors (Lipinski definition) is 0. The van der Waals surface area contributed by atoms with Gasteiger partial charge in [0.25, 0.3) is 0 Å². The van der Waals surface area contributed by atoms with Crippen LogP contribution in [-0.2, 0) is 5.41 Å². The fourth-order valence-electron chi connectivity index (χ4n) is 1.14. The van der Waals surface area contributed by atoms with E-state index in [2.05, 4.69) is 10.7 Å². The van der Waals surface area contributed by atoms with E-state index in [9.17, 15) is 8.78 Å². The molecule has 0 amide bonds. The smallest absolute Gasteiger partial charge is 0.387 e. The van der Waals surface area contributed by atoms with Gasteiger partial charge in [0.15, 0.2) is 0 Å². The lowest BCUT2D eigenvalue weighted by molar-refractivity contribution is -0.0498. The molecule has 0 unspecified atom stereocenters. The standard InChI is InChI=1S/C12H12F2O/c1-4-12(2,3)9-5-7-10(8-6-9)15-11(13)14/h1,5-8,11H,2-3H3. The maximum Gasteiger partial charge on any atom is 0.387 e. The average molecular weight is 210 g/mol. The third kappa shape index (κ3) is 2.95. The third-order valence-electron chi connectivity index (χ3n) is 2.16. The summed E-state index contributed by atoms with van der Waals surface area (Å²) in [7, 11) is 0. The predicted octanol–water partition coefficient (Wildman–Crippen LogP) is 3.20. The van der Waals surface area contributed by atoms with Gasteiger partial charge in [0.2, 0.25) is 0 Å². The summed E-state index contributed by atoms with van der Waals surface area (Å²) in [5.41, 5.74) is 0.496. The second kappa shape index (κ2) is 4.31. The molecule has 0 fully saturated rings. The molecule has 0 aliphatic heterocycles. The van der Waals surface area contributed by atoms with Crippen molar-refractivity contribution >= 4 is 0 Å². The Labute approximate surface area is 88.1 Å². The minimum absolute atomic E-state index is 0.140.